The summed E-state index contributed by atoms with van der Waals surface area (Å²) in [5, 5.41) is 6.19. The van der Waals surface area contributed by atoms with E-state index in [1.165, 1.54) is 0 Å². The maximum atomic E-state index is 12.0. The van der Waals surface area contributed by atoms with Gasteiger partial charge in [-0.2, -0.15) is 0 Å². The van der Waals surface area contributed by atoms with Gasteiger partial charge in [0.05, 0.1) is 0 Å². The molecule has 0 fully saturated rings. The van der Waals surface area contributed by atoms with Crippen molar-refractivity contribution in [1.29, 1.82) is 0 Å². The zero-order valence-corrected chi connectivity index (χ0v) is 15.0. The highest BCUT2D eigenvalue weighted by Gasteiger charge is 2.06. The van der Waals surface area contributed by atoms with Crippen molar-refractivity contribution in [2.45, 2.75) is 26.7 Å². The molecular formula is C19H21ClN2O3. The van der Waals surface area contributed by atoms with Crippen LogP contribution in [0.4, 0.5) is 11.4 Å². The molecule has 0 unspecified atom stereocenters. The molecule has 0 atom stereocenters. The van der Waals surface area contributed by atoms with Gasteiger partial charge in [-0.15, -0.1) is 0 Å². The maximum Gasteiger partial charge on any atom is 0.262 e. The number of anilines is 2. The van der Waals surface area contributed by atoms with Crippen molar-refractivity contribution in [2.75, 3.05) is 17.2 Å². The number of aryl methyl sites for hydroxylation is 1. The molecule has 0 aliphatic heterocycles. The summed E-state index contributed by atoms with van der Waals surface area (Å²) in [7, 11) is 0. The van der Waals surface area contributed by atoms with E-state index in [2.05, 4.69) is 10.6 Å². The van der Waals surface area contributed by atoms with E-state index in [4.69, 9.17) is 16.3 Å². The van der Waals surface area contributed by atoms with Gasteiger partial charge < -0.3 is 15.4 Å². The number of carbonyl (C=O) groups is 2. The van der Waals surface area contributed by atoms with Crippen LogP contribution in [0.2, 0.25) is 5.02 Å². The van der Waals surface area contributed by atoms with Crippen LogP contribution < -0.4 is 15.4 Å². The highest BCUT2D eigenvalue weighted by Crippen LogP contribution is 2.21. The van der Waals surface area contributed by atoms with Crippen LogP contribution in [0, 0.1) is 6.92 Å². The van der Waals surface area contributed by atoms with Gasteiger partial charge in [0, 0.05) is 22.8 Å². The molecule has 0 aromatic heterocycles. The first-order valence-electron chi connectivity index (χ1n) is 8.06. The first-order chi connectivity index (χ1) is 12.0. The van der Waals surface area contributed by atoms with Crippen molar-refractivity contribution in [2.24, 2.45) is 0 Å². The number of hydrogen-bond acceptors (Lipinski definition) is 3. The van der Waals surface area contributed by atoms with E-state index in [0.29, 0.717) is 28.6 Å². The third kappa shape index (κ3) is 6.12. The Morgan fingerprint density at radius 2 is 1.60 bits per heavy atom. The van der Waals surface area contributed by atoms with Crippen molar-refractivity contribution >= 4 is 34.8 Å². The van der Waals surface area contributed by atoms with Gasteiger partial charge in [0.2, 0.25) is 5.91 Å². The first kappa shape index (κ1) is 18.8. The molecule has 2 rings (SSSR count). The van der Waals surface area contributed by atoms with E-state index in [1.54, 1.807) is 42.5 Å². The van der Waals surface area contributed by atoms with Crippen LogP contribution in [0.3, 0.4) is 0 Å². The molecule has 0 heterocycles. The number of halogens is 1. The number of carbonyl (C=O) groups excluding carboxylic acids is 2. The summed E-state index contributed by atoms with van der Waals surface area (Å²) in [5.41, 5.74) is 2.22. The second-order valence-corrected chi connectivity index (χ2v) is 6.03. The Morgan fingerprint density at radius 3 is 2.16 bits per heavy atom. The average Bonchev–Trinajstić information content (AvgIpc) is 2.58. The van der Waals surface area contributed by atoms with E-state index < -0.39 is 0 Å². The number of hydrogen-bond donors (Lipinski definition) is 2. The zero-order chi connectivity index (χ0) is 18.2. The second kappa shape index (κ2) is 9.08. The SMILES string of the molecule is CCCC(=O)Nc1ccc(NC(=O)COc2ccc(Cl)c(C)c2)cc1. The van der Waals surface area contributed by atoms with Crippen LogP contribution in [0.1, 0.15) is 25.3 Å². The summed E-state index contributed by atoms with van der Waals surface area (Å²) in [6.45, 7) is 3.72. The molecule has 0 aliphatic carbocycles. The van der Waals surface area contributed by atoms with Gasteiger partial charge >= 0.3 is 0 Å². The second-order valence-electron chi connectivity index (χ2n) is 5.62. The Bertz CT molecular complexity index is 745. The van der Waals surface area contributed by atoms with E-state index in [9.17, 15) is 9.59 Å². The number of rotatable bonds is 7. The smallest absolute Gasteiger partial charge is 0.262 e. The molecular weight excluding hydrogens is 340 g/mol. The summed E-state index contributed by atoms with van der Waals surface area (Å²) < 4.78 is 5.45. The van der Waals surface area contributed by atoms with Crippen LogP contribution in [-0.4, -0.2) is 18.4 Å². The predicted octanol–water partition coefficient (Wildman–Crippen LogP) is 4.40. The number of nitrogens with one attached hydrogen (secondary N) is 2. The molecule has 0 bridgehead atoms. The Hall–Kier alpha value is -2.53. The van der Waals surface area contributed by atoms with Crippen molar-refractivity contribution < 1.29 is 14.3 Å². The topological polar surface area (TPSA) is 67.4 Å². The minimum atomic E-state index is -0.268. The highest BCUT2D eigenvalue weighted by atomic mass is 35.5. The Balaban J connectivity index is 1.83. The van der Waals surface area contributed by atoms with Gasteiger partial charge in [-0.05, 0) is 61.4 Å². The molecule has 25 heavy (non-hydrogen) atoms. The van der Waals surface area contributed by atoms with Gasteiger partial charge in [0.15, 0.2) is 6.61 Å². The maximum absolute atomic E-state index is 12.0. The lowest BCUT2D eigenvalue weighted by Crippen LogP contribution is -2.20. The fourth-order valence-electron chi connectivity index (χ4n) is 2.14. The summed E-state index contributed by atoms with van der Waals surface area (Å²) in [6, 6.07) is 12.2. The van der Waals surface area contributed by atoms with Crippen molar-refractivity contribution in [1.82, 2.24) is 0 Å². The van der Waals surface area contributed by atoms with Crippen LogP contribution in [0.25, 0.3) is 0 Å². The van der Waals surface area contributed by atoms with Crippen LogP contribution in [0.5, 0.6) is 5.75 Å². The van der Waals surface area contributed by atoms with E-state index in [0.717, 1.165) is 12.0 Å². The zero-order valence-electron chi connectivity index (χ0n) is 14.3. The fraction of sp³-hybridized carbons (Fsp3) is 0.263. The summed E-state index contributed by atoms with van der Waals surface area (Å²) in [6.07, 6.45) is 1.28. The van der Waals surface area contributed by atoms with E-state index in [-0.39, 0.29) is 18.4 Å². The highest BCUT2D eigenvalue weighted by molar-refractivity contribution is 6.31. The predicted molar refractivity (Wildman–Crippen MR) is 100 cm³/mol. The Labute approximate surface area is 152 Å². The minimum Gasteiger partial charge on any atom is -0.484 e. The molecule has 0 saturated carbocycles. The normalized spacial score (nSPS) is 10.2. The standard InChI is InChI=1S/C19H21ClN2O3/c1-3-4-18(23)21-14-5-7-15(8-6-14)22-19(24)12-25-16-9-10-17(20)13(2)11-16/h5-11H,3-4,12H2,1-2H3,(H,21,23)(H,22,24). The Kier molecular flexibility index (Phi) is 6.83. The molecule has 2 aromatic rings. The Morgan fingerprint density at radius 1 is 1.00 bits per heavy atom. The quantitative estimate of drug-likeness (QED) is 0.768. The largest absolute Gasteiger partial charge is 0.484 e. The molecule has 0 radical (unpaired) electrons. The lowest BCUT2D eigenvalue weighted by atomic mass is 10.2. The monoisotopic (exact) mass is 360 g/mol. The van der Waals surface area contributed by atoms with Gasteiger partial charge in [-0.1, -0.05) is 18.5 Å². The molecule has 6 heteroatoms. The van der Waals surface area contributed by atoms with Crippen molar-refractivity contribution in [3.05, 3.63) is 53.1 Å². The number of benzene rings is 2. The van der Waals surface area contributed by atoms with Crippen LogP contribution in [0.15, 0.2) is 42.5 Å². The minimum absolute atomic E-state index is 0.0223. The third-order valence-electron chi connectivity index (χ3n) is 3.43. The molecule has 2 aromatic carbocycles. The first-order valence-corrected chi connectivity index (χ1v) is 8.44. The summed E-state index contributed by atoms with van der Waals surface area (Å²) in [4.78, 5) is 23.5. The number of ether oxygens (including phenoxy) is 1. The van der Waals surface area contributed by atoms with Crippen LogP contribution >= 0.6 is 11.6 Å². The average molecular weight is 361 g/mol. The van der Waals surface area contributed by atoms with Gasteiger partial charge in [-0.25, -0.2) is 0 Å². The summed E-state index contributed by atoms with van der Waals surface area (Å²) >= 11 is 5.95. The fourth-order valence-corrected chi connectivity index (χ4v) is 2.26. The summed E-state index contributed by atoms with van der Waals surface area (Å²) in [5.74, 6) is 0.298. The lowest BCUT2D eigenvalue weighted by molar-refractivity contribution is -0.118. The number of amides is 2. The molecule has 0 spiro atoms. The molecule has 2 N–H and O–H groups in total. The molecule has 5 nitrogen and oxygen atoms in total. The molecule has 0 saturated heterocycles. The van der Waals surface area contributed by atoms with E-state index >= 15 is 0 Å². The van der Waals surface area contributed by atoms with Gasteiger partial charge in [0.1, 0.15) is 5.75 Å². The lowest BCUT2D eigenvalue weighted by Gasteiger charge is -2.09. The van der Waals surface area contributed by atoms with Crippen molar-refractivity contribution in [3.8, 4) is 5.75 Å². The molecule has 0 aliphatic rings. The third-order valence-corrected chi connectivity index (χ3v) is 3.85. The van der Waals surface area contributed by atoms with E-state index in [1.807, 2.05) is 13.8 Å². The molecule has 2 amide bonds. The van der Waals surface area contributed by atoms with Crippen molar-refractivity contribution in [3.63, 3.8) is 0 Å². The van der Waals surface area contributed by atoms with Gasteiger partial charge in [-0.3, -0.25) is 9.59 Å². The van der Waals surface area contributed by atoms with Gasteiger partial charge in [0.25, 0.3) is 5.91 Å². The molecule has 132 valence electrons. The van der Waals surface area contributed by atoms with Crippen LogP contribution in [-0.2, 0) is 9.59 Å².